The first-order chi connectivity index (χ1) is 14.1. The second-order valence-electron chi connectivity index (χ2n) is 6.85. The predicted molar refractivity (Wildman–Crippen MR) is 110 cm³/mol. The van der Waals surface area contributed by atoms with Crippen LogP contribution in [0.3, 0.4) is 0 Å². The Kier molecular flexibility index (Phi) is 4.06. The highest BCUT2D eigenvalue weighted by Crippen LogP contribution is 2.41. The quantitative estimate of drug-likeness (QED) is 0.412. The Morgan fingerprint density at radius 1 is 1.31 bits per heavy atom. The number of aromatic amines is 1. The van der Waals surface area contributed by atoms with Gasteiger partial charge in [-0.2, -0.15) is 0 Å². The summed E-state index contributed by atoms with van der Waals surface area (Å²) in [6, 6.07) is 6.44. The smallest absolute Gasteiger partial charge is 0.271 e. The first kappa shape index (κ1) is 17.7. The molecular weight excluding hydrogens is 395 g/mol. The fraction of sp³-hybridized carbons (Fsp3) is 0.200. The molecule has 7 nitrogen and oxygen atoms in total. The van der Waals surface area contributed by atoms with E-state index in [-0.39, 0.29) is 22.4 Å². The molecule has 0 saturated heterocycles. The standard InChI is InChI=1S/C20H15FN4O3S/c1-28-23-9-11-8-10(6-7-22-11)15-13(21)4-5-14-16(15)18(26)17-19(27)24-29-20(17)25(14)12-2-3-12/h4-9,12H,2-3H2,1H3,(H,24,27). The number of nitrogens with one attached hydrogen (secondary N) is 1. The maximum absolute atomic E-state index is 15.0. The Labute approximate surface area is 167 Å². The molecule has 1 saturated carbocycles. The lowest BCUT2D eigenvalue weighted by atomic mass is 9.98. The van der Waals surface area contributed by atoms with Crippen molar-refractivity contribution >= 4 is 38.9 Å². The average molecular weight is 410 g/mol. The van der Waals surface area contributed by atoms with Gasteiger partial charge in [-0.1, -0.05) is 5.16 Å². The van der Waals surface area contributed by atoms with Gasteiger partial charge in [0, 0.05) is 17.8 Å². The minimum atomic E-state index is -0.538. The van der Waals surface area contributed by atoms with Crippen LogP contribution < -0.4 is 11.0 Å². The van der Waals surface area contributed by atoms with E-state index in [0.717, 1.165) is 24.4 Å². The highest BCUT2D eigenvalue weighted by atomic mass is 32.1. The van der Waals surface area contributed by atoms with E-state index in [2.05, 4.69) is 19.4 Å². The van der Waals surface area contributed by atoms with Crippen molar-refractivity contribution in [2.75, 3.05) is 7.11 Å². The number of halogens is 1. The second-order valence-corrected chi connectivity index (χ2v) is 7.64. The molecule has 0 amide bonds. The molecule has 0 spiro atoms. The van der Waals surface area contributed by atoms with Crippen LogP contribution in [0.5, 0.6) is 0 Å². The molecule has 1 aliphatic rings. The minimum absolute atomic E-state index is 0.0801. The summed E-state index contributed by atoms with van der Waals surface area (Å²) in [5.74, 6) is -0.538. The number of pyridine rings is 2. The van der Waals surface area contributed by atoms with Gasteiger partial charge in [-0.3, -0.25) is 18.9 Å². The van der Waals surface area contributed by atoms with Crippen molar-refractivity contribution in [3.05, 3.63) is 62.6 Å². The molecule has 5 rings (SSSR count). The van der Waals surface area contributed by atoms with Crippen LogP contribution in [0.4, 0.5) is 4.39 Å². The summed E-state index contributed by atoms with van der Waals surface area (Å²) in [6.45, 7) is 0. The number of aromatic nitrogens is 3. The third-order valence-electron chi connectivity index (χ3n) is 5.02. The number of hydrogen-bond acceptors (Lipinski definition) is 6. The zero-order chi connectivity index (χ0) is 20.1. The van der Waals surface area contributed by atoms with E-state index in [4.69, 9.17) is 0 Å². The van der Waals surface area contributed by atoms with Crippen molar-refractivity contribution in [1.82, 2.24) is 13.9 Å². The molecule has 1 aliphatic carbocycles. The molecule has 9 heteroatoms. The lowest BCUT2D eigenvalue weighted by Gasteiger charge is -2.15. The Morgan fingerprint density at radius 2 is 2.14 bits per heavy atom. The molecule has 29 heavy (non-hydrogen) atoms. The topological polar surface area (TPSA) is 89.3 Å². The fourth-order valence-corrected chi connectivity index (χ4v) is 4.58. The van der Waals surface area contributed by atoms with E-state index >= 15 is 4.39 Å². The van der Waals surface area contributed by atoms with Crippen LogP contribution >= 0.6 is 11.5 Å². The van der Waals surface area contributed by atoms with E-state index in [1.165, 1.54) is 25.6 Å². The molecule has 1 aromatic carbocycles. The minimum Gasteiger partial charge on any atom is -0.399 e. The van der Waals surface area contributed by atoms with Gasteiger partial charge in [0.25, 0.3) is 5.56 Å². The monoisotopic (exact) mass is 410 g/mol. The number of H-pyrrole nitrogens is 1. The largest absolute Gasteiger partial charge is 0.399 e. The molecule has 0 aliphatic heterocycles. The first-order valence-corrected chi connectivity index (χ1v) is 9.82. The molecule has 0 unspecified atom stereocenters. The van der Waals surface area contributed by atoms with Gasteiger partial charge in [0.2, 0.25) is 5.43 Å². The van der Waals surface area contributed by atoms with Crippen LogP contribution in [-0.4, -0.2) is 27.2 Å². The van der Waals surface area contributed by atoms with Crippen molar-refractivity contribution in [3.8, 4) is 11.1 Å². The number of fused-ring (bicyclic) bond motifs is 2. The number of oxime groups is 1. The summed E-state index contributed by atoms with van der Waals surface area (Å²) in [5.41, 5.74) is 0.810. The van der Waals surface area contributed by atoms with E-state index in [0.29, 0.717) is 21.6 Å². The molecule has 0 bridgehead atoms. The summed E-state index contributed by atoms with van der Waals surface area (Å²) in [7, 11) is 1.41. The van der Waals surface area contributed by atoms with Gasteiger partial charge in [-0.05, 0) is 54.2 Å². The Balaban J connectivity index is 1.91. The van der Waals surface area contributed by atoms with Crippen LogP contribution in [0.1, 0.15) is 24.6 Å². The van der Waals surface area contributed by atoms with Crippen molar-refractivity contribution in [2.24, 2.45) is 5.16 Å². The number of benzene rings is 1. The van der Waals surface area contributed by atoms with Gasteiger partial charge in [-0.15, -0.1) is 0 Å². The zero-order valence-corrected chi connectivity index (χ0v) is 16.1. The van der Waals surface area contributed by atoms with Crippen LogP contribution in [0.15, 0.2) is 45.2 Å². The molecular formula is C20H15FN4O3S. The summed E-state index contributed by atoms with van der Waals surface area (Å²) in [6.07, 6.45) is 4.83. The third kappa shape index (κ3) is 2.77. The summed E-state index contributed by atoms with van der Waals surface area (Å²) in [4.78, 5) is 35.1. The van der Waals surface area contributed by atoms with Crippen molar-refractivity contribution in [3.63, 3.8) is 0 Å². The lowest BCUT2D eigenvalue weighted by molar-refractivity contribution is 0.215. The van der Waals surface area contributed by atoms with Gasteiger partial charge in [0.1, 0.15) is 23.1 Å². The van der Waals surface area contributed by atoms with Crippen LogP contribution in [0.2, 0.25) is 0 Å². The maximum atomic E-state index is 15.0. The highest BCUT2D eigenvalue weighted by Gasteiger charge is 2.30. The van der Waals surface area contributed by atoms with Gasteiger partial charge in [-0.25, -0.2) is 4.39 Å². The number of nitrogens with zero attached hydrogens (tertiary/aromatic N) is 3. The van der Waals surface area contributed by atoms with E-state index in [9.17, 15) is 9.59 Å². The average Bonchev–Trinajstić information content (AvgIpc) is 3.49. The van der Waals surface area contributed by atoms with E-state index in [1.807, 2.05) is 4.57 Å². The summed E-state index contributed by atoms with van der Waals surface area (Å²) in [5, 5.41) is 3.96. The molecule has 146 valence electrons. The molecule has 1 fully saturated rings. The van der Waals surface area contributed by atoms with E-state index in [1.54, 1.807) is 18.2 Å². The Bertz CT molecular complexity index is 1420. The van der Waals surface area contributed by atoms with E-state index < -0.39 is 16.8 Å². The van der Waals surface area contributed by atoms with Crippen molar-refractivity contribution < 1.29 is 9.23 Å². The maximum Gasteiger partial charge on any atom is 0.271 e. The molecule has 3 aromatic heterocycles. The molecule has 0 radical (unpaired) electrons. The molecule has 4 aromatic rings. The molecule has 0 atom stereocenters. The van der Waals surface area contributed by atoms with Crippen LogP contribution in [0, 0.1) is 5.82 Å². The molecule has 1 N–H and O–H groups in total. The normalized spacial score (nSPS) is 14.3. The third-order valence-corrected chi connectivity index (χ3v) is 5.90. The Hall–Kier alpha value is -3.33. The van der Waals surface area contributed by atoms with Crippen molar-refractivity contribution in [1.29, 1.82) is 0 Å². The van der Waals surface area contributed by atoms with Crippen molar-refractivity contribution in [2.45, 2.75) is 18.9 Å². The van der Waals surface area contributed by atoms with Gasteiger partial charge < -0.3 is 9.40 Å². The van der Waals surface area contributed by atoms with Gasteiger partial charge >= 0.3 is 0 Å². The summed E-state index contributed by atoms with van der Waals surface area (Å²) < 4.78 is 19.7. The summed E-state index contributed by atoms with van der Waals surface area (Å²) >= 11 is 1.15. The number of rotatable bonds is 4. The van der Waals surface area contributed by atoms with Crippen LogP contribution in [0.25, 0.3) is 32.2 Å². The fourth-order valence-electron chi connectivity index (χ4n) is 3.65. The predicted octanol–water partition coefficient (Wildman–Crippen LogP) is 3.42. The van der Waals surface area contributed by atoms with Gasteiger partial charge in [0.15, 0.2) is 0 Å². The van der Waals surface area contributed by atoms with Crippen LogP contribution in [-0.2, 0) is 4.84 Å². The Morgan fingerprint density at radius 3 is 2.90 bits per heavy atom. The van der Waals surface area contributed by atoms with Gasteiger partial charge in [0.05, 0.1) is 22.8 Å². The SMILES string of the molecule is CON=Cc1cc(-c2c(F)ccc3c2c(=O)c2c(=O)[nH]sc2n3C2CC2)ccn1. The molecule has 3 heterocycles. The number of hydrogen-bond donors (Lipinski definition) is 1. The first-order valence-electron chi connectivity index (χ1n) is 9.01. The lowest BCUT2D eigenvalue weighted by Crippen LogP contribution is -2.16. The highest BCUT2D eigenvalue weighted by molar-refractivity contribution is 7.12. The second kappa shape index (κ2) is 6.63. The zero-order valence-electron chi connectivity index (χ0n) is 15.3.